The summed E-state index contributed by atoms with van der Waals surface area (Å²) in [7, 11) is 0. The second-order valence-corrected chi connectivity index (χ2v) is 9.42. The van der Waals surface area contributed by atoms with E-state index in [1.807, 2.05) is 0 Å². The molecule has 2 aromatic carbocycles. The maximum absolute atomic E-state index is 11.2. The highest BCUT2D eigenvalue weighted by atomic mass is 16.6. The Balaban J connectivity index is 2.12. The Bertz CT molecular complexity index is 1040. The predicted molar refractivity (Wildman–Crippen MR) is 114 cm³/mol. The number of nitro groups is 1. The summed E-state index contributed by atoms with van der Waals surface area (Å²) in [6.45, 7) is 14.7. The molecule has 1 heterocycles. The van der Waals surface area contributed by atoms with Crippen molar-refractivity contribution in [1.82, 2.24) is 10.2 Å². The number of hydrogen-bond acceptors (Lipinski definition) is 5. The Kier molecular flexibility index (Phi) is 5.07. The summed E-state index contributed by atoms with van der Waals surface area (Å²) in [6.07, 6.45) is 0. The van der Waals surface area contributed by atoms with Crippen LogP contribution >= 0.6 is 0 Å². The molecule has 0 saturated heterocycles. The minimum absolute atomic E-state index is 0.0323. The van der Waals surface area contributed by atoms with Crippen LogP contribution in [0.1, 0.15) is 58.2 Å². The van der Waals surface area contributed by atoms with Gasteiger partial charge in [-0.2, -0.15) is 0 Å². The Hall–Kier alpha value is -3.02. The highest BCUT2D eigenvalue weighted by Gasteiger charge is 2.23. The number of aromatic nitrogens is 2. The van der Waals surface area contributed by atoms with E-state index in [2.05, 4.69) is 69.9 Å². The van der Waals surface area contributed by atoms with Crippen molar-refractivity contribution in [2.24, 2.45) is 0 Å². The SMILES string of the molecule is Cc1c(-c2nnc(-c3cc(C(C)(C)C)cc(C(C)(C)C)c3)o2)cccc1[N+](=O)[O-]. The maximum atomic E-state index is 11.2. The second kappa shape index (κ2) is 7.10. The van der Waals surface area contributed by atoms with Crippen LogP contribution in [-0.2, 0) is 10.8 Å². The van der Waals surface area contributed by atoms with Gasteiger partial charge in [-0.3, -0.25) is 10.1 Å². The molecule has 1 aromatic heterocycles. The lowest BCUT2D eigenvalue weighted by Crippen LogP contribution is -2.16. The molecular formula is C23H27N3O3. The molecule has 152 valence electrons. The quantitative estimate of drug-likeness (QED) is 0.390. The minimum Gasteiger partial charge on any atom is -0.416 e. The Labute approximate surface area is 171 Å². The van der Waals surface area contributed by atoms with Crippen molar-refractivity contribution in [2.45, 2.75) is 59.3 Å². The fraction of sp³-hybridized carbons (Fsp3) is 0.391. The maximum Gasteiger partial charge on any atom is 0.273 e. The highest BCUT2D eigenvalue weighted by Crippen LogP contribution is 2.35. The van der Waals surface area contributed by atoms with E-state index in [0.29, 0.717) is 17.0 Å². The third-order valence-corrected chi connectivity index (χ3v) is 5.07. The van der Waals surface area contributed by atoms with Gasteiger partial charge in [0.05, 0.1) is 4.92 Å². The molecule has 0 atom stereocenters. The Morgan fingerprint density at radius 2 is 1.45 bits per heavy atom. The summed E-state index contributed by atoms with van der Waals surface area (Å²) < 4.78 is 5.96. The molecule has 29 heavy (non-hydrogen) atoms. The standard InChI is InChI=1S/C23H27N3O3/c1-14-18(9-8-10-19(14)26(27)28)21-25-24-20(29-21)15-11-16(22(2,3)4)13-17(12-15)23(5,6)7/h8-13H,1-7H3. The largest absolute Gasteiger partial charge is 0.416 e. The molecule has 0 aliphatic heterocycles. The van der Waals surface area contributed by atoms with Crippen molar-refractivity contribution in [3.05, 3.63) is 63.2 Å². The van der Waals surface area contributed by atoms with Gasteiger partial charge in [0.2, 0.25) is 11.8 Å². The molecule has 0 bridgehead atoms. The summed E-state index contributed by atoms with van der Waals surface area (Å²) in [5, 5.41) is 19.6. The lowest BCUT2D eigenvalue weighted by Gasteiger charge is -2.25. The zero-order valence-corrected chi connectivity index (χ0v) is 18.0. The number of benzene rings is 2. The smallest absolute Gasteiger partial charge is 0.273 e. The van der Waals surface area contributed by atoms with Crippen molar-refractivity contribution in [2.75, 3.05) is 0 Å². The van der Waals surface area contributed by atoms with E-state index in [1.165, 1.54) is 17.2 Å². The lowest BCUT2D eigenvalue weighted by molar-refractivity contribution is -0.385. The fourth-order valence-electron chi connectivity index (χ4n) is 3.12. The number of hydrogen-bond donors (Lipinski definition) is 0. The van der Waals surface area contributed by atoms with Gasteiger partial charge in [0.25, 0.3) is 5.69 Å². The van der Waals surface area contributed by atoms with Gasteiger partial charge >= 0.3 is 0 Å². The molecule has 0 unspecified atom stereocenters. The first-order chi connectivity index (χ1) is 13.4. The van der Waals surface area contributed by atoms with E-state index in [9.17, 15) is 10.1 Å². The number of nitrogens with zero attached hydrogens (tertiary/aromatic N) is 3. The van der Waals surface area contributed by atoms with Gasteiger partial charge < -0.3 is 4.42 Å². The molecule has 0 aliphatic rings. The van der Waals surface area contributed by atoms with Gasteiger partial charge in [0, 0.05) is 22.8 Å². The van der Waals surface area contributed by atoms with Crippen LogP contribution in [0.15, 0.2) is 40.8 Å². The lowest BCUT2D eigenvalue weighted by atomic mass is 9.79. The Morgan fingerprint density at radius 1 is 0.897 bits per heavy atom. The first-order valence-electron chi connectivity index (χ1n) is 9.62. The van der Waals surface area contributed by atoms with Crippen LogP contribution in [0.4, 0.5) is 5.69 Å². The molecule has 0 fully saturated rings. The monoisotopic (exact) mass is 393 g/mol. The van der Waals surface area contributed by atoms with Crippen LogP contribution in [0.5, 0.6) is 0 Å². The van der Waals surface area contributed by atoms with Crippen molar-refractivity contribution in [3.8, 4) is 22.9 Å². The minimum atomic E-state index is -0.404. The molecule has 3 aromatic rings. The van der Waals surface area contributed by atoms with E-state index >= 15 is 0 Å². The van der Waals surface area contributed by atoms with Gasteiger partial charge in [0.15, 0.2) is 0 Å². The molecule has 6 heteroatoms. The summed E-state index contributed by atoms with van der Waals surface area (Å²) >= 11 is 0. The molecule has 0 saturated carbocycles. The van der Waals surface area contributed by atoms with Gasteiger partial charge in [-0.15, -0.1) is 10.2 Å². The topological polar surface area (TPSA) is 82.1 Å². The molecule has 3 rings (SSSR count). The van der Waals surface area contributed by atoms with Crippen LogP contribution in [0.2, 0.25) is 0 Å². The van der Waals surface area contributed by atoms with E-state index in [1.54, 1.807) is 19.1 Å². The molecule has 6 nitrogen and oxygen atoms in total. The van der Waals surface area contributed by atoms with Crippen LogP contribution in [-0.4, -0.2) is 15.1 Å². The normalized spacial score (nSPS) is 12.2. The highest BCUT2D eigenvalue weighted by molar-refractivity contribution is 5.66. The molecule has 0 radical (unpaired) electrons. The van der Waals surface area contributed by atoms with Gasteiger partial charge in [-0.1, -0.05) is 53.7 Å². The fourth-order valence-corrected chi connectivity index (χ4v) is 3.12. The molecule has 0 aliphatic carbocycles. The number of nitro benzene ring substituents is 1. The average molecular weight is 393 g/mol. The first-order valence-corrected chi connectivity index (χ1v) is 9.62. The zero-order chi connectivity index (χ0) is 21.6. The van der Waals surface area contributed by atoms with Crippen molar-refractivity contribution < 1.29 is 9.34 Å². The van der Waals surface area contributed by atoms with E-state index in [-0.39, 0.29) is 22.4 Å². The zero-order valence-electron chi connectivity index (χ0n) is 18.0. The van der Waals surface area contributed by atoms with Crippen molar-refractivity contribution in [1.29, 1.82) is 0 Å². The molecule has 0 N–H and O–H groups in total. The summed E-state index contributed by atoms with van der Waals surface area (Å²) in [4.78, 5) is 10.8. The average Bonchev–Trinajstić information content (AvgIpc) is 3.09. The molecule has 0 spiro atoms. The summed E-state index contributed by atoms with van der Waals surface area (Å²) in [5.41, 5.74) is 4.27. The summed E-state index contributed by atoms with van der Waals surface area (Å²) in [5.74, 6) is 0.683. The van der Waals surface area contributed by atoms with Crippen LogP contribution < -0.4 is 0 Å². The van der Waals surface area contributed by atoms with Gasteiger partial charge in [-0.05, 0) is 47.1 Å². The van der Waals surface area contributed by atoms with Crippen LogP contribution in [0.3, 0.4) is 0 Å². The van der Waals surface area contributed by atoms with Gasteiger partial charge in [0.1, 0.15) is 0 Å². The molecular weight excluding hydrogens is 366 g/mol. The van der Waals surface area contributed by atoms with Crippen molar-refractivity contribution >= 4 is 5.69 Å². The third kappa shape index (κ3) is 4.21. The second-order valence-electron chi connectivity index (χ2n) is 9.42. The van der Waals surface area contributed by atoms with E-state index in [4.69, 9.17) is 4.42 Å². The third-order valence-electron chi connectivity index (χ3n) is 5.07. The van der Waals surface area contributed by atoms with Crippen LogP contribution in [0.25, 0.3) is 22.9 Å². The van der Waals surface area contributed by atoms with Gasteiger partial charge in [-0.25, -0.2) is 0 Å². The van der Waals surface area contributed by atoms with E-state index < -0.39 is 4.92 Å². The van der Waals surface area contributed by atoms with Crippen molar-refractivity contribution in [3.63, 3.8) is 0 Å². The van der Waals surface area contributed by atoms with Crippen LogP contribution in [0, 0.1) is 17.0 Å². The first kappa shape index (κ1) is 20.7. The number of rotatable bonds is 3. The predicted octanol–water partition coefficient (Wildman–Crippen LogP) is 6.22. The van der Waals surface area contributed by atoms with E-state index in [0.717, 1.165) is 5.56 Å². The molecule has 0 amide bonds. The Morgan fingerprint density at radius 3 is 1.97 bits per heavy atom. The summed E-state index contributed by atoms with van der Waals surface area (Å²) in [6, 6.07) is 11.2.